The van der Waals surface area contributed by atoms with Crippen LogP contribution in [0.5, 0.6) is 0 Å². The Morgan fingerprint density at radius 2 is 2.07 bits per heavy atom. The first-order chi connectivity index (χ1) is 13.2. The molecular formula is C22H28FNO3. The lowest BCUT2D eigenvalue weighted by Gasteiger charge is -2.32. The van der Waals surface area contributed by atoms with Gasteiger partial charge in [-0.3, -0.25) is 0 Å². The van der Waals surface area contributed by atoms with Gasteiger partial charge in [0.05, 0.1) is 6.61 Å². The summed E-state index contributed by atoms with van der Waals surface area (Å²) in [6, 6.07) is 13.1. The fraction of sp³-hybridized carbons (Fsp3) is 0.455. The highest BCUT2D eigenvalue weighted by molar-refractivity contribution is 5.69. The van der Waals surface area contributed by atoms with Crippen LogP contribution in [-0.2, 0) is 14.2 Å². The second-order valence-corrected chi connectivity index (χ2v) is 6.82. The fourth-order valence-corrected chi connectivity index (χ4v) is 3.47. The molecule has 2 aromatic rings. The molecule has 5 heteroatoms. The number of benzene rings is 2. The molecule has 2 atom stereocenters. The molecule has 0 aliphatic carbocycles. The number of hydrogen-bond donors (Lipinski definition) is 1. The Morgan fingerprint density at radius 3 is 2.81 bits per heavy atom. The van der Waals surface area contributed by atoms with Crippen molar-refractivity contribution in [2.24, 2.45) is 0 Å². The lowest BCUT2D eigenvalue weighted by Crippen LogP contribution is -2.42. The largest absolute Gasteiger partial charge is 0.385 e. The molecule has 27 heavy (non-hydrogen) atoms. The van der Waals surface area contributed by atoms with Crippen molar-refractivity contribution in [3.8, 4) is 11.1 Å². The van der Waals surface area contributed by atoms with Gasteiger partial charge in [0.2, 0.25) is 0 Å². The lowest BCUT2D eigenvalue weighted by atomic mass is 9.92. The minimum absolute atomic E-state index is 0.161. The molecule has 0 radical (unpaired) electrons. The molecule has 3 rings (SSSR count). The molecule has 1 unspecified atom stereocenters. The number of morpholine rings is 1. The van der Waals surface area contributed by atoms with Crippen molar-refractivity contribution in [2.75, 3.05) is 40.0 Å². The van der Waals surface area contributed by atoms with Crippen molar-refractivity contribution < 1.29 is 18.6 Å². The van der Waals surface area contributed by atoms with Gasteiger partial charge in [-0.25, -0.2) is 4.39 Å². The summed E-state index contributed by atoms with van der Waals surface area (Å²) in [5.41, 5.74) is 3.37. The Hall–Kier alpha value is -1.79. The van der Waals surface area contributed by atoms with Crippen molar-refractivity contribution in [1.29, 1.82) is 0 Å². The number of rotatable bonds is 8. The van der Waals surface area contributed by atoms with Crippen molar-refractivity contribution in [3.05, 3.63) is 59.4 Å². The summed E-state index contributed by atoms with van der Waals surface area (Å²) in [5, 5.41) is 3.35. The van der Waals surface area contributed by atoms with E-state index >= 15 is 0 Å². The van der Waals surface area contributed by atoms with E-state index in [2.05, 4.69) is 5.32 Å². The van der Waals surface area contributed by atoms with Gasteiger partial charge in [0.25, 0.3) is 0 Å². The summed E-state index contributed by atoms with van der Waals surface area (Å²) >= 11 is 0. The first-order valence-electron chi connectivity index (χ1n) is 9.49. The summed E-state index contributed by atoms with van der Waals surface area (Å²) in [4.78, 5) is 0. The topological polar surface area (TPSA) is 39.7 Å². The van der Waals surface area contributed by atoms with E-state index in [1.165, 1.54) is 6.07 Å². The zero-order valence-electron chi connectivity index (χ0n) is 16.0. The number of hydrogen-bond acceptors (Lipinski definition) is 4. The monoisotopic (exact) mass is 373 g/mol. The standard InChI is InChI=1S/C22H28FNO3/c1-16-6-3-7-17(14-16)21-18(8-4-9-19(21)23)22(27-12-5-11-25-2)20-15-24-10-13-26-20/h3-4,6-9,14,20,22,24H,5,10-13,15H2,1-2H3/t20-,22?/m1/s1. The molecule has 146 valence electrons. The predicted octanol–water partition coefficient (Wildman–Crippen LogP) is 3.88. The summed E-state index contributed by atoms with van der Waals surface area (Å²) < 4.78 is 32.2. The van der Waals surface area contributed by atoms with E-state index in [4.69, 9.17) is 14.2 Å². The second-order valence-electron chi connectivity index (χ2n) is 6.82. The van der Waals surface area contributed by atoms with Crippen LogP contribution >= 0.6 is 0 Å². The predicted molar refractivity (Wildman–Crippen MR) is 104 cm³/mol. The molecule has 1 saturated heterocycles. The van der Waals surface area contributed by atoms with E-state index in [9.17, 15) is 4.39 Å². The molecule has 1 heterocycles. The van der Waals surface area contributed by atoms with E-state index in [1.807, 2.05) is 37.3 Å². The number of methoxy groups -OCH3 is 1. The minimum atomic E-state index is -0.346. The summed E-state index contributed by atoms with van der Waals surface area (Å²) in [6.07, 6.45) is 0.273. The Kier molecular flexibility index (Phi) is 7.35. The summed E-state index contributed by atoms with van der Waals surface area (Å²) in [6.45, 7) is 5.29. The Balaban J connectivity index is 1.96. The second kappa shape index (κ2) is 9.95. The Labute approximate surface area is 160 Å². The molecule has 1 aliphatic rings. The maximum Gasteiger partial charge on any atom is 0.131 e. The number of halogens is 1. The Bertz CT molecular complexity index is 731. The zero-order chi connectivity index (χ0) is 19.1. The molecule has 0 amide bonds. The summed E-state index contributed by atoms with van der Waals surface area (Å²) in [5.74, 6) is -0.243. The van der Waals surface area contributed by atoms with E-state index in [0.717, 1.165) is 29.7 Å². The van der Waals surface area contributed by atoms with Gasteiger partial charge < -0.3 is 19.5 Å². The maximum absolute atomic E-state index is 14.9. The van der Waals surface area contributed by atoms with Crippen molar-refractivity contribution in [3.63, 3.8) is 0 Å². The van der Waals surface area contributed by atoms with Gasteiger partial charge in [0, 0.05) is 39.0 Å². The van der Waals surface area contributed by atoms with Crippen LogP contribution < -0.4 is 5.32 Å². The average molecular weight is 373 g/mol. The van der Waals surface area contributed by atoms with Gasteiger partial charge in [0.15, 0.2) is 0 Å². The van der Waals surface area contributed by atoms with Gasteiger partial charge in [-0.2, -0.15) is 0 Å². The molecule has 0 aromatic heterocycles. The quantitative estimate of drug-likeness (QED) is 0.713. The van der Waals surface area contributed by atoms with Gasteiger partial charge in [-0.05, 0) is 30.5 Å². The molecule has 2 aromatic carbocycles. The third kappa shape index (κ3) is 5.14. The normalized spacial score (nSPS) is 18.4. The van der Waals surface area contributed by atoms with Gasteiger partial charge in [-0.15, -0.1) is 0 Å². The SMILES string of the molecule is COCCCOC(c1cccc(F)c1-c1cccc(C)c1)[C@H]1CNCCO1. The van der Waals surface area contributed by atoms with Crippen LogP contribution in [0.1, 0.15) is 23.7 Å². The summed E-state index contributed by atoms with van der Waals surface area (Å²) in [7, 11) is 1.67. The molecular weight excluding hydrogens is 345 g/mol. The maximum atomic E-state index is 14.9. The highest BCUT2D eigenvalue weighted by Gasteiger charge is 2.30. The van der Waals surface area contributed by atoms with Crippen LogP contribution in [0.4, 0.5) is 4.39 Å². The van der Waals surface area contributed by atoms with E-state index in [1.54, 1.807) is 13.2 Å². The number of aryl methyl sites for hydroxylation is 1. The zero-order valence-corrected chi connectivity index (χ0v) is 16.0. The Morgan fingerprint density at radius 1 is 1.22 bits per heavy atom. The first kappa shape index (κ1) is 20.0. The van der Waals surface area contributed by atoms with E-state index in [0.29, 0.717) is 31.9 Å². The average Bonchev–Trinajstić information content (AvgIpc) is 2.68. The third-order valence-corrected chi connectivity index (χ3v) is 4.74. The smallest absolute Gasteiger partial charge is 0.131 e. The highest BCUT2D eigenvalue weighted by Crippen LogP contribution is 2.35. The van der Waals surface area contributed by atoms with Gasteiger partial charge in [0.1, 0.15) is 18.0 Å². The molecule has 0 saturated carbocycles. The number of nitrogens with one attached hydrogen (secondary N) is 1. The van der Waals surface area contributed by atoms with Gasteiger partial charge >= 0.3 is 0 Å². The molecule has 1 fully saturated rings. The third-order valence-electron chi connectivity index (χ3n) is 4.74. The molecule has 4 nitrogen and oxygen atoms in total. The molecule has 0 spiro atoms. The van der Waals surface area contributed by atoms with Crippen molar-refractivity contribution in [2.45, 2.75) is 25.6 Å². The van der Waals surface area contributed by atoms with Gasteiger partial charge in [-0.1, -0.05) is 42.0 Å². The molecule has 0 bridgehead atoms. The van der Waals surface area contributed by atoms with E-state index < -0.39 is 0 Å². The van der Waals surface area contributed by atoms with Crippen LogP contribution in [-0.4, -0.2) is 46.1 Å². The van der Waals surface area contributed by atoms with Crippen LogP contribution in [0.15, 0.2) is 42.5 Å². The minimum Gasteiger partial charge on any atom is -0.385 e. The van der Waals surface area contributed by atoms with Crippen LogP contribution in [0, 0.1) is 12.7 Å². The lowest BCUT2D eigenvalue weighted by molar-refractivity contribution is -0.0884. The van der Waals surface area contributed by atoms with Crippen LogP contribution in [0.2, 0.25) is 0 Å². The van der Waals surface area contributed by atoms with Crippen LogP contribution in [0.3, 0.4) is 0 Å². The first-order valence-corrected chi connectivity index (χ1v) is 9.49. The fourth-order valence-electron chi connectivity index (χ4n) is 3.47. The highest BCUT2D eigenvalue weighted by atomic mass is 19.1. The molecule has 1 N–H and O–H groups in total. The van der Waals surface area contributed by atoms with Crippen molar-refractivity contribution in [1.82, 2.24) is 5.32 Å². The molecule has 1 aliphatic heterocycles. The number of ether oxygens (including phenoxy) is 3. The van der Waals surface area contributed by atoms with Crippen molar-refractivity contribution >= 4 is 0 Å². The van der Waals surface area contributed by atoms with Crippen LogP contribution in [0.25, 0.3) is 11.1 Å². The van der Waals surface area contributed by atoms with E-state index in [-0.39, 0.29) is 18.0 Å².